The van der Waals surface area contributed by atoms with E-state index in [2.05, 4.69) is 39.2 Å². The van der Waals surface area contributed by atoms with Gasteiger partial charge in [-0.1, -0.05) is 6.07 Å². The van der Waals surface area contributed by atoms with Crippen molar-refractivity contribution in [2.75, 3.05) is 0 Å². The maximum atomic E-state index is 4.44. The van der Waals surface area contributed by atoms with Crippen LogP contribution in [0.15, 0.2) is 27.6 Å². The van der Waals surface area contributed by atoms with E-state index in [9.17, 15) is 0 Å². The molecule has 0 amide bonds. The minimum absolute atomic E-state index is 0.955. The summed E-state index contributed by atoms with van der Waals surface area (Å²) in [6.45, 7) is 2.04. The van der Waals surface area contributed by atoms with Crippen molar-refractivity contribution < 1.29 is 0 Å². The van der Waals surface area contributed by atoms with E-state index in [0.717, 1.165) is 15.9 Å². The molecule has 19 heavy (non-hydrogen) atoms. The molecule has 1 aromatic carbocycles. The topological polar surface area (TPSA) is 17.8 Å². The van der Waals surface area contributed by atoms with Gasteiger partial charge in [0.1, 0.15) is 0 Å². The van der Waals surface area contributed by atoms with Crippen LogP contribution in [0.2, 0.25) is 0 Å². The maximum absolute atomic E-state index is 4.44. The zero-order valence-corrected chi connectivity index (χ0v) is 13.6. The van der Waals surface area contributed by atoms with Gasteiger partial charge >= 0.3 is 0 Å². The van der Waals surface area contributed by atoms with Crippen LogP contribution in [0.25, 0.3) is 0 Å². The van der Waals surface area contributed by atoms with E-state index in [1.807, 2.05) is 30.4 Å². The number of aryl methyl sites for hydroxylation is 4. The van der Waals surface area contributed by atoms with Crippen molar-refractivity contribution in [3.8, 4) is 0 Å². The second kappa shape index (κ2) is 5.33. The molecule has 1 aliphatic rings. The third-order valence-electron chi connectivity index (χ3n) is 3.71. The number of hydrogen-bond donors (Lipinski definition) is 0. The van der Waals surface area contributed by atoms with Crippen molar-refractivity contribution in [3.63, 3.8) is 0 Å². The lowest BCUT2D eigenvalue weighted by molar-refractivity contribution is 0.727. The number of thioether (sulfide) groups is 1. The summed E-state index contributed by atoms with van der Waals surface area (Å²) in [5.74, 6) is 0.955. The standard InChI is InChI=1S/C15H17BrN2S/c1-10-15(16)14(18(2)17-10)9-19-13-7-6-11-4-3-5-12(11)8-13/h6-8H,3-5,9H2,1-2H3. The molecule has 0 bridgehead atoms. The molecule has 0 atom stereocenters. The molecule has 0 aliphatic heterocycles. The van der Waals surface area contributed by atoms with Crippen LogP contribution in [-0.2, 0) is 25.6 Å². The summed E-state index contributed by atoms with van der Waals surface area (Å²) in [5.41, 5.74) is 5.40. The third kappa shape index (κ3) is 2.61. The van der Waals surface area contributed by atoms with Crippen molar-refractivity contribution in [3.05, 3.63) is 45.2 Å². The van der Waals surface area contributed by atoms with Gasteiger partial charge in [0, 0.05) is 17.7 Å². The van der Waals surface area contributed by atoms with Crippen LogP contribution >= 0.6 is 27.7 Å². The molecule has 1 aliphatic carbocycles. The lowest BCUT2D eigenvalue weighted by Gasteiger charge is -2.06. The Labute approximate surface area is 126 Å². The van der Waals surface area contributed by atoms with Crippen molar-refractivity contribution in [2.24, 2.45) is 7.05 Å². The first kappa shape index (κ1) is 13.3. The fraction of sp³-hybridized carbons (Fsp3) is 0.400. The zero-order valence-electron chi connectivity index (χ0n) is 11.2. The molecule has 0 N–H and O–H groups in total. The highest BCUT2D eigenvalue weighted by Crippen LogP contribution is 2.31. The van der Waals surface area contributed by atoms with Gasteiger partial charge in [0.15, 0.2) is 0 Å². The van der Waals surface area contributed by atoms with Crippen molar-refractivity contribution >= 4 is 27.7 Å². The molecule has 2 nitrogen and oxygen atoms in total. The minimum Gasteiger partial charge on any atom is -0.270 e. The molecule has 100 valence electrons. The van der Waals surface area contributed by atoms with Crippen molar-refractivity contribution in [2.45, 2.75) is 36.8 Å². The average molecular weight is 337 g/mol. The number of halogens is 1. The Bertz CT molecular complexity index is 619. The monoisotopic (exact) mass is 336 g/mol. The Hall–Kier alpha value is -0.740. The molecule has 0 fully saturated rings. The summed E-state index contributed by atoms with van der Waals surface area (Å²) in [6, 6.07) is 6.92. The molecule has 1 aromatic heterocycles. The second-order valence-corrected chi connectivity index (χ2v) is 6.88. The predicted molar refractivity (Wildman–Crippen MR) is 83.7 cm³/mol. The van der Waals surface area contributed by atoms with E-state index in [-0.39, 0.29) is 0 Å². The van der Waals surface area contributed by atoms with E-state index in [1.54, 1.807) is 11.1 Å². The number of rotatable bonds is 3. The summed E-state index contributed by atoms with van der Waals surface area (Å²) < 4.78 is 3.11. The van der Waals surface area contributed by atoms with Crippen LogP contribution in [0.5, 0.6) is 0 Å². The summed E-state index contributed by atoms with van der Waals surface area (Å²) >= 11 is 5.52. The fourth-order valence-electron chi connectivity index (χ4n) is 2.63. The van der Waals surface area contributed by atoms with Gasteiger partial charge in [-0.3, -0.25) is 4.68 Å². The van der Waals surface area contributed by atoms with Gasteiger partial charge in [0.2, 0.25) is 0 Å². The van der Waals surface area contributed by atoms with Crippen LogP contribution in [0, 0.1) is 6.92 Å². The number of fused-ring (bicyclic) bond motifs is 1. The summed E-state index contributed by atoms with van der Waals surface area (Å²) in [5, 5.41) is 4.44. The van der Waals surface area contributed by atoms with E-state index in [1.165, 1.54) is 29.9 Å². The average Bonchev–Trinajstić information content (AvgIpc) is 2.94. The van der Waals surface area contributed by atoms with Crippen LogP contribution in [0.1, 0.15) is 28.9 Å². The summed E-state index contributed by atoms with van der Waals surface area (Å²) in [6.07, 6.45) is 3.82. The molecular weight excluding hydrogens is 320 g/mol. The van der Waals surface area contributed by atoms with Crippen LogP contribution in [0.4, 0.5) is 0 Å². The Balaban J connectivity index is 1.76. The summed E-state index contributed by atoms with van der Waals surface area (Å²) in [4.78, 5) is 1.37. The van der Waals surface area contributed by atoms with E-state index >= 15 is 0 Å². The largest absolute Gasteiger partial charge is 0.270 e. The minimum atomic E-state index is 0.955. The lowest BCUT2D eigenvalue weighted by atomic mass is 10.1. The van der Waals surface area contributed by atoms with E-state index in [4.69, 9.17) is 0 Å². The number of hydrogen-bond acceptors (Lipinski definition) is 2. The molecule has 0 saturated carbocycles. The highest BCUT2D eigenvalue weighted by atomic mass is 79.9. The zero-order chi connectivity index (χ0) is 13.4. The molecule has 0 radical (unpaired) electrons. The van der Waals surface area contributed by atoms with Gasteiger partial charge in [-0.2, -0.15) is 5.10 Å². The smallest absolute Gasteiger partial charge is 0.0738 e. The highest BCUT2D eigenvalue weighted by molar-refractivity contribution is 9.10. The van der Waals surface area contributed by atoms with E-state index < -0.39 is 0 Å². The van der Waals surface area contributed by atoms with Gasteiger partial charge in [-0.15, -0.1) is 11.8 Å². The van der Waals surface area contributed by atoms with Crippen LogP contribution < -0.4 is 0 Å². The first-order valence-electron chi connectivity index (χ1n) is 6.57. The number of benzene rings is 1. The molecular formula is C15H17BrN2S. The normalized spacial score (nSPS) is 13.8. The van der Waals surface area contributed by atoms with Crippen LogP contribution in [-0.4, -0.2) is 9.78 Å². The molecule has 0 spiro atoms. The SMILES string of the molecule is Cc1nn(C)c(CSc2ccc3c(c2)CCC3)c1Br. The molecule has 1 heterocycles. The fourth-order valence-corrected chi connectivity index (χ4v) is 4.31. The maximum Gasteiger partial charge on any atom is 0.0738 e. The van der Waals surface area contributed by atoms with E-state index in [0.29, 0.717) is 0 Å². The predicted octanol–water partition coefficient (Wildman–Crippen LogP) is 4.27. The first-order chi connectivity index (χ1) is 9.15. The molecule has 0 unspecified atom stereocenters. The van der Waals surface area contributed by atoms with Gasteiger partial charge < -0.3 is 0 Å². The second-order valence-electron chi connectivity index (χ2n) is 5.04. The summed E-state index contributed by atoms with van der Waals surface area (Å²) in [7, 11) is 2.01. The van der Waals surface area contributed by atoms with Gasteiger partial charge in [-0.05, 0) is 65.4 Å². The number of nitrogens with zero attached hydrogens (tertiary/aromatic N) is 2. The highest BCUT2D eigenvalue weighted by Gasteiger charge is 2.13. The molecule has 3 rings (SSSR count). The third-order valence-corrected chi connectivity index (χ3v) is 5.74. The van der Waals surface area contributed by atoms with Gasteiger partial charge in [0.25, 0.3) is 0 Å². The van der Waals surface area contributed by atoms with Crippen molar-refractivity contribution in [1.82, 2.24) is 9.78 Å². The number of aromatic nitrogens is 2. The Kier molecular flexibility index (Phi) is 3.72. The quantitative estimate of drug-likeness (QED) is 0.779. The Morgan fingerprint density at radius 1 is 1.32 bits per heavy atom. The van der Waals surface area contributed by atoms with Crippen LogP contribution in [0.3, 0.4) is 0 Å². The van der Waals surface area contributed by atoms with Crippen molar-refractivity contribution in [1.29, 1.82) is 0 Å². The first-order valence-corrected chi connectivity index (χ1v) is 8.35. The molecule has 0 saturated heterocycles. The lowest BCUT2D eigenvalue weighted by Crippen LogP contribution is -1.96. The Morgan fingerprint density at radius 2 is 2.11 bits per heavy atom. The van der Waals surface area contributed by atoms with Gasteiger partial charge in [0.05, 0.1) is 15.9 Å². The Morgan fingerprint density at radius 3 is 2.84 bits per heavy atom. The molecule has 2 aromatic rings. The van der Waals surface area contributed by atoms with Gasteiger partial charge in [-0.25, -0.2) is 0 Å². The molecule has 4 heteroatoms.